The predicted octanol–water partition coefficient (Wildman–Crippen LogP) is 5.82. The maximum absolute atomic E-state index is 11.0. The van der Waals surface area contributed by atoms with Crippen LogP contribution in [0, 0.1) is 0 Å². The molecule has 2 rings (SSSR count). The summed E-state index contributed by atoms with van der Waals surface area (Å²) in [7, 11) is 0. The summed E-state index contributed by atoms with van der Waals surface area (Å²) in [4.78, 5) is 22.1. The van der Waals surface area contributed by atoms with Crippen LogP contribution in [0.5, 0.6) is 0 Å². The van der Waals surface area contributed by atoms with Gasteiger partial charge in [0.05, 0.1) is 22.4 Å². The zero-order chi connectivity index (χ0) is 23.0. The third-order valence-electron chi connectivity index (χ3n) is 4.67. The molecular formula is C22H34O4S6. The van der Waals surface area contributed by atoms with Crippen LogP contribution in [0.15, 0.2) is 25.3 Å². The van der Waals surface area contributed by atoms with Crippen LogP contribution in [0.25, 0.3) is 0 Å². The lowest BCUT2D eigenvalue weighted by molar-refractivity contribution is -0.138. The van der Waals surface area contributed by atoms with Crippen molar-refractivity contribution in [1.29, 1.82) is 0 Å². The lowest BCUT2D eigenvalue weighted by atomic mass is 10.2. The molecule has 0 aromatic heterocycles. The highest BCUT2D eigenvalue weighted by atomic mass is 32.2. The summed E-state index contributed by atoms with van der Waals surface area (Å²) in [5, 5.41) is 1.39. The molecule has 0 bridgehead atoms. The van der Waals surface area contributed by atoms with E-state index in [2.05, 4.69) is 83.7 Å². The highest BCUT2D eigenvalue weighted by Crippen LogP contribution is 2.42. The van der Waals surface area contributed by atoms with Crippen molar-refractivity contribution in [3.8, 4) is 0 Å². The van der Waals surface area contributed by atoms with Crippen LogP contribution in [-0.2, 0) is 19.1 Å². The van der Waals surface area contributed by atoms with Crippen molar-refractivity contribution in [3.63, 3.8) is 0 Å². The Bertz CT molecular complexity index is 541. The van der Waals surface area contributed by atoms with Gasteiger partial charge < -0.3 is 9.47 Å². The van der Waals surface area contributed by atoms with Gasteiger partial charge in [0.2, 0.25) is 0 Å². The third kappa shape index (κ3) is 12.8. The molecule has 2 fully saturated rings. The monoisotopic (exact) mass is 554 g/mol. The molecule has 10 heteroatoms. The average molecular weight is 555 g/mol. The number of carbonyl (C=O) groups excluding carboxylic acids is 2. The Labute approximate surface area is 218 Å². The van der Waals surface area contributed by atoms with Crippen molar-refractivity contribution >= 4 is 82.5 Å². The first-order valence-corrected chi connectivity index (χ1v) is 17.2. The zero-order valence-corrected chi connectivity index (χ0v) is 23.3. The van der Waals surface area contributed by atoms with E-state index in [9.17, 15) is 9.59 Å². The minimum atomic E-state index is -0.320. The van der Waals surface area contributed by atoms with Crippen molar-refractivity contribution in [3.05, 3.63) is 25.3 Å². The molecule has 182 valence electrons. The fraction of sp³-hybridized carbons (Fsp3) is 0.727. The summed E-state index contributed by atoms with van der Waals surface area (Å²) in [6, 6.07) is 0. The molecule has 4 unspecified atom stereocenters. The topological polar surface area (TPSA) is 52.6 Å². The number of ether oxygens (including phenoxy) is 2. The summed E-state index contributed by atoms with van der Waals surface area (Å²) in [5.74, 6) is 6.70. The molecule has 2 saturated heterocycles. The van der Waals surface area contributed by atoms with E-state index in [1.54, 1.807) is 0 Å². The number of esters is 2. The second-order valence-corrected chi connectivity index (χ2v) is 15.6. The second-order valence-electron chi connectivity index (χ2n) is 7.22. The predicted molar refractivity (Wildman–Crippen MR) is 151 cm³/mol. The highest BCUT2D eigenvalue weighted by Gasteiger charge is 2.26. The van der Waals surface area contributed by atoms with Gasteiger partial charge in [0.15, 0.2) is 0 Å². The molecule has 2 aliphatic rings. The fourth-order valence-electron chi connectivity index (χ4n) is 3.06. The largest absolute Gasteiger partial charge is 0.463 e. The molecule has 0 aromatic carbocycles. The fourth-order valence-corrected chi connectivity index (χ4v) is 13.1. The second kappa shape index (κ2) is 17.9. The molecule has 0 amide bonds. The van der Waals surface area contributed by atoms with Crippen molar-refractivity contribution < 1.29 is 19.1 Å². The van der Waals surface area contributed by atoms with Gasteiger partial charge in [-0.1, -0.05) is 13.2 Å². The molecule has 0 aliphatic carbocycles. The van der Waals surface area contributed by atoms with Crippen molar-refractivity contribution in [1.82, 2.24) is 0 Å². The standard InChI is InChI=1S/C22H34O4S6/c1-3-19(23)25-9-5-7-17-13-29-21(31-17)15-27-11-12-28-16-22-30-14-18(32-22)8-6-10-26-20(24)4-2/h3-4,17-18,21-22H,1-2,5-16H2. The first kappa shape index (κ1) is 28.8. The van der Waals surface area contributed by atoms with Gasteiger partial charge in [-0.15, -0.1) is 47.0 Å². The first-order chi connectivity index (χ1) is 15.6. The minimum absolute atomic E-state index is 0.320. The van der Waals surface area contributed by atoms with Crippen LogP contribution in [0.2, 0.25) is 0 Å². The maximum atomic E-state index is 11.0. The number of rotatable bonds is 17. The zero-order valence-electron chi connectivity index (χ0n) is 18.4. The van der Waals surface area contributed by atoms with Crippen molar-refractivity contribution in [2.24, 2.45) is 0 Å². The van der Waals surface area contributed by atoms with E-state index in [0.29, 0.717) is 32.9 Å². The Morgan fingerprint density at radius 3 is 1.66 bits per heavy atom. The number of carbonyl (C=O) groups is 2. The molecule has 2 heterocycles. The van der Waals surface area contributed by atoms with Crippen molar-refractivity contribution in [2.75, 3.05) is 47.7 Å². The Kier molecular flexibility index (Phi) is 16.1. The molecule has 4 nitrogen and oxygen atoms in total. The smallest absolute Gasteiger partial charge is 0.330 e. The van der Waals surface area contributed by atoms with E-state index in [1.165, 1.54) is 46.7 Å². The molecule has 0 aromatic rings. The molecule has 0 spiro atoms. The Morgan fingerprint density at radius 2 is 1.25 bits per heavy atom. The molecular weight excluding hydrogens is 521 g/mol. The summed E-state index contributed by atoms with van der Waals surface area (Å²) in [5.41, 5.74) is 0. The molecule has 0 radical (unpaired) electrons. The Hall–Kier alpha value is 0.520. The van der Waals surface area contributed by atoms with Crippen LogP contribution < -0.4 is 0 Å². The van der Waals surface area contributed by atoms with E-state index in [4.69, 9.17) is 9.47 Å². The van der Waals surface area contributed by atoms with E-state index < -0.39 is 0 Å². The van der Waals surface area contributed by atoms with E-state index in [0.717, 1.165) is 25.7 Å². The van der Waals surface area contributed by atoms with E-state index >= 15 is 0 Å². The van der Waals surface area contributed by atoms with Gasteiger partial charge in [0.1, 0.15) is 0 Å². The SMILES string of the molecule is C=CC(=O)OCCCC1CSC(CSCCSCC2SCC(CCCOC(=O)C=C)S2)S1. The van der Waals surface area contributed by atoms with Crippen molar-refractivity contribution in [2.45, 2.75) is 45.3 Å². The lowest BCUT2D eigenvalue weighted by Crippen LogP contribution is -2.07. The normalized spacial score (nSPS) is 24.9. The minimum Gasteiger partial charge on any atom is -0.463 e. The molecule has 0 saturated carbocycles. The van der Waals surface area contributed by atoms with Crippen LogP contribution >= 0.6 is 70.6 Å². The summed E-state index contributed by atoms with van der Waals surface area (Å²) in [6.45, 7) is 7.84. The summed E-state index contributed by atoms with van der Waals surface area (Å²) in [6.07, 6.45) is 6.57. The van der Waals surface area contributed by atoms with Gasteiger partial charge in [-0.2, -0.15) is 23.5 Å². The summed E-state index contributed by atoms with van der Waals surface area (Å²) >= 11 is 12.6. The number of thioether (sulfide) groups is 6. The van der Waals surface area contributed by atoms with Crippen LogP contribution in [0.3, 0.4) is 0 Å². The molecule has 2 aliphatic heterocycles. The van der Waals surface area contributed by atoms with Gasteiger partial charge in [-0.05, 0) is 25.7 Å². The first-order valence-electron chi connectivity index (χ1n) is 10.9. The summed E-state index contributed by atoms with van der Waals surface area (Å²) < 4.78 is 11.5. The van der Waals surface area contributed by atoms with E-state index in [-0.39, 0.29) is 11.9 Å². The highest BCUT2D eigenvalue weighted by molar-refractivity contribution is 8.22. The number of hydrogen-bond acceptors (Lipinski definition) is 10. The van der Waals surface area contributed by atoms with Gasteiger partial charge in [0, 0.05) is 57.2 Å². The van der Waals surface area contributed by atoms with Gasteiger partial charge in [-0.25, -0.2) is 9.59 Å². The quantitative estimate of drug-likeness (QED) is 0.125. The molecule has 4 atom stereocenters. The van der Waals surface area contributed by atoms with Gasteiger partial charge in [0.25, 0.3) is 0 Å². The van der Waals surface area contributed by atoms with Gasteiger partial charge >= 0.3 is 11.9 Å². The molecule has 0 N–H and O–H groups in total. The van der Waals surface area contributed by atoms with Crippen LogP contribution in [-0.4, -0.2) is 79.3 Å². The number of hydrogen-bond donors (Lipinski definition) is 0. The van der Waals surface area contributed by atoms with E-state index in [1.807, 2.05) is 0 Å². The Balaban J connectivity index is 1.39. The van der Waals surface area contributed by atoms with Crippen LogP contribution in [0.1, 0.15) is 25.7 Å². The van der Waals surface area contributed by atoms with Crippen LogP contribution in [0.4, 0.5) is 0 Å². The maximum Gasteiger partial charge on any atom is 0.330 e. The Morgan fingerprint density at radius 1 is 0.812 bits per heavy atom. The molecule has 32 heavy (non-hydrogen) atoms. The lowest BCUT2D eigenvalue weighted by Gasteiger charge is -2.11. The third-order valence-corrected chi connectivity index (χ3v) is 14.6. The average Bonchev–Trinajstić information content (AvgIpc) is 3.45. The van der Waals surface area contributed by atoms with Gasteiger partial charge in [-0.3, -0.25) is 0 Å².